The molecule has 5 heteroatoms. The topological polar surface area (TPSA) is 39.7 Å². The van der Waals surface area contributed by atoms with Gasteiger partial charge >= 0.3 is 0 Å². The number of rotatable bonds is 4. The molecule has 1 heterocycles. The second-order valence-corrected chi connectivity index (χ2v) is 5.73. The zero-order chi connectivity index (χ0) is 13.5. The Labute approximate surface area is 135 Å². The zero-order valence-corrected chi connectivity index (χ0v) is 15.4. The molecule has 1 unspecified atom stereocenters. The quantitative estimate of drug-likeness (QED) is 0.445. The van der Waals surface area contributed by atoms with E-state index in [4.69, 9.17) is 0 Å². The van der Waals surface area contributed by atoms with E-state index in [1.807, 2.05) is 14.1 Å². The SMILES string of the molecule is CN=C(NC)NCC(C(C)C)N1CCC(C)CC1.I. The maximum atomic E-state index is 4.17. The van der Waals surface area contributed by atoms with Crippen LogP contribution in [0.5, 0.6) is 0 Å². The van der Waals surface area contributed by atoms with E-state index in [0.29, 0.717) is 12.0 Å². The van der Waals surface area contributed by atoms with E-state index in [0.717, 1.165) is 18.4 Å². The van der Waals surface area contributed by atoms with Crippen molar-refractivity contribution in [3.8, 4) is 0 Å². The van der Waals surface area contributed by atoms with E-state index in [2.05, 4.69) is 41.3 Å². The maximum Gasteiger partial charge on any atom is 0.190 e. The molecule has 2 N–H and O–H groups in total. The number of piperidine rings is 1. The molecule has 114 valence electrons. The Morgan fingerprint density at radius 3 is 2.32 bits per heavy atom. The van der Waals surface area contributed by atoms with Crippen LogP contribution in [0.25, 0.3) is 0 Å². The van der Waals surface area contributed by atoms with E-state index in [1.54, 1.807) is 0 Å². The van der Waals surface area contributed by atoms with Crippen LogP contribution in [0.15, 0.2) is 4.99 Å². The first kappa shape index (κ1) is 19.0. The number of guanidine groups is 1. The Kier molecular flexibility index (Phi) is 9.78. The Morgan fingerprint density at radius 2 is 1.89 bits per heavy atom. The highest BCUT2D eigenvalue weighted by molar-refractivity contribution is 14.0. The smallest absolute Gasteiger partial charge is 0.190 e. The molecule has 1 fully saturated rings. The van der Waals surface area contributed by atoms with Crippen LogP contribution in [0.3, 0.4) is 0 Å². The van der Waals surface area contributed by atoms with Gasteiger partial charge in [-0.2, -0.15) is 0 Å². The molecule has 4 nitrogen and oxygen atoms in total. The van der Waals surface area contributed by atoms with Crippen molar-refractivity contribution < 1.29 is 0 Å². The van der Waals surface area contributed by atoms with Crippen molar-refractivity contribution in [2.45, 2.75) is 39.7 Å². The first-order valence-corrected chi connectivity index (χ1v) is 7.21. The number of halogens is 1. The van der Waals surface area contributed by atoms with Crippen LogP contribution in [-0.2, 0) is 0 Å². The summed E-state index contributed by atoms with van der Waals surface area (Å²) in [5.74, 6) is 2.44. The van der Waals surface area contributed by atoms with Gasteiger partial charge in [-0.3, -0.25) is 9.89 Å². The van der Waals surface area contributed by atoms with Crippen LogP contribution in [0, 0.1) is 11.8 Å². The molecule has 1 saturated heterocycles. The van der Waals surface area contributed by atoms with Crippen molar-refractivity contribution in [3.63, 3.8) is 0 Å². The Morgan fingerprint density at radius 1 is 1.32 bits per heavy atom. The number of nitrogens with zero attached hydrogens (tertiary/aromatic N) is 2. The zero-order valence-electron chi connectivity index (χ0n) is 13.1. The van der Waals surface area contributed by atoms with E-state index < -0.39 is 0 Å². The molecule has 0 aromatic heterocycles. The van der Waals surface area contributed by atoms with Crippen LogP contribution in [0.2, 0.25) is 0 Å². The van der Waals surface area contributed by atoms with Crippen molar-refractivity contribution in [2.75, 3.05) is 33.7 Å². The fraction of sp³-hybridized carbons (Fsp3) is 0.929. The van der Waals surface area contributed by atoms with E-state index in [9.17, 15) is 0 Å². The minimum Gasteiger partial charge on any atom is -0.359 e. The third kappa shape index (κ3) is 6.29. The van der Waals surface area contributed by atoms with Gasteiger partial charge in [-0.1, -0.05) is 20.8 Å². The Balaban J connectivity index is 0.00000324. The van der Waals surface area contributed by atoms with Crippen molar-refractivity contribution in [2.24, 2.45) is 16.8 Å². The van der Waals surface area contributed by atoms with Crippen molar-refractivity contribution in [1.29, 1.82) is 0 Å². The summed E-state index contributed by atoms with van der Waals surface area (Å²) in [6.07, 6.45) is 2.67. The largest absolute Gasteiger partial charge is 0.359 e. The minimum atomic E-state index is 0. The van der Waals surface area contributed by atoms with Gasteiger partial charge in [0.25, 0.3) is 0 Å². The van der Waals surface area contributed by atoms with Crippen LogP contribution in [-0.4, -0.2) is 50.6 Å². The molecule has 19 heavy (non-hydrogen) atoms. The average molecular weight is 382 g/mol. The van der Waals surface area contributed by atoms with Crippen LogP contribution >= 0.6 is 24.0 Å². The highest BCUT2D eigenvalue weighted by atomic mass is 127. The van der Waals surface area contributed by atoms with E-state index in [1.165, 1.54) is 25.9 Å². The Hall–Kier alpha value is -0.0400. The number of aliphatic imine (C=N–C) groups is 1. The average Bonchev–Trinajstić information content (AvgIpc) is 2.36. The predicted molar refractivity (Wildman–Crippen MR) is 94.4 cm³/mol. The van der Waals surface area contributed by atoms with Gasteiger partial charge in [-0.05, 0) is 37.8 Å². The molecule has 1 atom stereocenters. The Bertz CT molecular complexity index is 260. The molecule has 0 aromatic rings. The minimum absolute atomic E-state index is 0. The lowest BCUT2D eigenvalue weighted by atomic mass is 9.94. The third-order valence-corrected chi connectivity index (χ3v) is 4.00. The first-order valence-electron chi connectivity index (χ1n) is 7.21. The summed E-state index contributed by atoms with van der Waals surface area (Å²) in [6, 6.07) is 0.600. The second-order valence-electron chi connectivity index (χ2n) is 5.73. The number of hydrogen-bond acceptors (Lipinski definition) is 2. The van der Waals surface area contributed by atoms with Crippen LogP contribution in [0.4, 0.5) is 0 Å². The van der Waals surface area contributed by atoms with Crippen LogP contribution in [0.1, 0.15) is 33.6 Å². The van der Waals surface area contributed by atoms with Gasteiger partial charge in [-0.15, -0.1) is 24.0 Å². The standard InChI is InChI=1S/C14H30N4.HI/c1-11(2)13(10-17-14(15-4)16-5)18-8-6-12(3)7-9-18;/h11-13H,6-10H2,1-5H3,(H2,15,16,17);1H. The monoisotopic (exact) mass is 382 g/mol. The summed E-state index contributed by atoms with van der Waals surface area (Å²) in [7, 11) is 3.72. The van der Waals surface area contributed by atoms with E-state index >= 15 is 0 Å². The number of nitrogens with one attached hydrogen (secondary N) is 2. The lowest BCUT2D eigenvalue weighted by Crippen LogP contribution is -2.51. The summed E-state index contributed by atoms with van der Waals surface area (Å²) < 4.78 is 0. The number of likely N-dealkylation sites (tertiary alicyclic amines) is 1. The van der Waals surface area contributed by atoms with Gasteiger partial charge < -0.3 is 10.6 Å². The van der Waals surface area contributed by atoms with Gasteiger partial charge in [0.15, 0.2) is 5.96 Å². The molecule has 0 spiro atoms. The van der Waals surface area contributed by atoms with Gasteiger partial charge in [0.2, 0.25) is 0 Å². The fourth-order valence-electron chi connectivity index (χ4n) is 2.63. The van der Waals surface area contributed by atoms with Crippen molar-refractivity contribution >= 4 is 29.9 Å². The first-order chi connectivity index (χ1) is 8.58. The summed E-state index contributed by atoms with van der Waals surface area (Å²) in [5.41, 5.74) is 0. The van der Waals surface area contributed by atoms with Gasteiger partial charge in [0.1, 0.15) is 0 Å². The summed E-state index contributed by atoms with van der Waals surface area (Å²) in [6.45, 7) is 10.4. The second kappa shape index (κ2) is 9.80. The summed E-state index contributed by atoms with van der Waals surface area (Å²) in [4.78, 5) is 6.81. The molecule has 0 saturated carbocycles. The maximum absolute atomic E-state index is 4.17. The molecule has 0 aliphatic carbocycles. The fourth-order valence-corrected chi connectivity index (χ4v) is 2.63. The van der Waals surface area contributed by atoms with Crippen molar-refractivity contribution in [3.05, 3.63) is 0 Å². The third-order valence-electron chi connectivity index (χ3n) is 4.00. The molecular formula is C14H31IN4. The van der Waals surface area contributed by atoms with Gasteiger partial charge in [0.05, 0.1) is 0 Å². The predicted octanol–water partition coefficient (Wildman–Crippen LogP) is 2.16. The normalized spacial score (nSPS) is 20.0. The molecule has 0 radical (unpaired) electrons. The molecule has 0 bridgehead atoms. The van der Waals surface area contributed by atoms with E-state index in [-0.39, 0.29) is 24.0 Å². The van der Waals surface area contributed by atoms with Crippen LogP contribution < -0.4 is 10.6 Å². The van der Waals surface area contributed by atoms with Gasteiger partial charge in [0, 0.05) is 26.7 Å². The summed E-state index contributed by atoms with van der Waals surface area (Å²) in [5, 5.41) is 6.48. The molecular weight excluding hydrogens is 351 g/mol. The molecule has 1 rings (SSSR count). The summed E-state index contributed by atoms with van der Waals surface area (Å²) >= 11 is 0. The molecule has 1 aliphatic heterocycles. The lowest BCUT2D eigenvalue weighted by molar-refractivity contribution is 0.110. The van der Waals surface area contributed by atoms with Crippen molar-refractivity contribution in [1.82, 2.24) is 15.5 Å². The lowest BCUT2D eigenvalue weighted by Gasteiger charge is -2.39. The highest BCUT2D eigenvalue weighted by Crippen LogP contribution is 2.20. The highest BCUT2D eigenvalue weighted by Gasteiger charge is 2.25. The molecule has 1 aliphatic rings. The molecule has 0 amide bonds. The molecule has 0 aromatic carbocycles. The number of hydrogen-bond donors (Lipinski definition) is 2. The van der Waals surface area contributed by atoms with Gasteiger partial charge in [-0.25, -0.2) is 0 Å².